The molecule has 0 unspecified atom stereocenters. The third kappa shape index (κ3) is 4.09. The van der Waals surface area contributed by atoms with Crippen molar-refractivity contribution in [1.29, 1.82) is 0 Å². The van der Waals surface area contributed by atoms with Crippen LogP contribution in [0.2, 0.25) is 0 Å². The summed E-state index contributed by atoms with van der Waals surface area (Å²) in [5.41, 5.74) is 1.93. The fourth-order valence-electron chi connectivity index (χ4n) is 1.82. The van der Waals surface area contributed by atoms with E-state index < -0.39 is 0 Å². The molecular weight excluding hydrogens is 540 g/mol. The Labute approximate surface area is 155 Å². The van der Waals surface area contributed by atoms with Crippen LogP contribution in [0.3, 0.4) is 0 Å². The number of carbonyl (C=O) groups excluding carboxylic acids is 1. The van der Waals surface area contributed by atoms with Gasteiger partial charge < -0.3 is 0 Å². The average molecular weight is 554 g/mol. The van der Waals surface area contributed by atoms with E-state index in [0.717, 1.165) is 6.42 Å². The molecule has 2 heterocycles. The van der Waals surface area contributed by atoms with Gasteiger partial charge in [-0.2, -0.15) is 0 Å². The van der Waals surface area contributed by atoms with E-state index in [2.05, 4.69) is 27.1 Å². The van der Waals surface area contributed by atoms with E-state index >= 15 is 0 Å². The van der Waals surface area contributed by atoms with Crippen molar-refractivity contribution in [3.05, 3.63) is 57.1 Å². The van der Waals surface area contributed by atoms with Crippen LogP contribution in [0.5, 0.6) is 0 Å². The van der Waals surface area contributed by atoms with Gasteiger partial charge in [0.25, 0.3) is 0 Å². The minimum atomic E-state index is -0.214. The van der Waals surface area contributed by atoms with Crippen molar-refractivity contribution in [2.45, 2.75) is 13.3 Å². The molecule has 3 rings (SSSR count). The predicted molar refractivity (Wildman–Crippen MR) is 94.2 cm³/mol. The Bertz CT molecular complexity index is 649. The zero-order valence-electron chi connectivity index (χ0n) is 11.9. The van der Waals surface area contributed by atoms with Gasteiger partial charge in [0.05, 0.1) is 0 Å². The Morgan fingerprint density at radius 1 is 1.05 bits per heavy atom. The summed E-state index contributed by atoms with van der Waals surface area (Å²) in [7, 11) is 0. The van der Waals surface area contributed by atoms with Gasteiger partial charge in [0.1, 0.15) is 0 Å². The van der Waals surface area contributed by atoms with Crippen molar-refractivity contribution >= 4 is 70.3 Å². The van der Waals surface area contributed by atoms with Crippen LogP contribution >= 0.6 is 0 Å². The summed E-state index contributed by atoms with van der Waals surface area (Å²) in [6, 6.07) is 7.94. The maximum atomic E-state index is 11.8. The fraction of sp³-hybridized carbons (Fsp3) is 0.188. The summed E-state index contributed by atoms with van der Waals surface area (Å²) in [5.74, 6) is -0.214. The van der Waals surface area contributed by atoms with E-state index in [9.17, 15) is 4.79 Å². The Morgan fingerprint density at radius 3 is 2.45 bits per heavy atom. The molecule has 2 aliphatic rings. The average Bonchev–Trinajstić information content (AvgIpc) is 3.23. The molecule has 0 bridgehead atoms. The number of carbonyl (C=O) groups is 1. The number of rotatable bonds is 4. The van der Waals surface area contributed by atoms with Crippen molar-refractivity contribution in [2.24, 2.45) is 0 Å². The molecule has 2 aliphatic heterocycles. The van der Waals surface area contributed by atoms with E-state index in [-0.39, 0.29) is 5.97 Å². The summed E-state index contributed by atoms with van der Waals surface area (Å²) in [6.07, 6.45) is 0.858. The van der Waals surface area contributed by atoms with Crippen LogP contribution in [-0.4, -0.2) is 72.4 Å². The first kappa shape index (κ1) is 16.8. The number of esters is 1. The van der Waals surface area contributed by atoms with Crippen molar-refractivity contribution < 1.29 is 9.53 Å². The van der Waals surface area contributed by atoms with Gasteiger partial charge >= 0.3 is 157 Å². The minimum absolute atomic E-state index is 0.214. The second-order valence-electron chi connectivity index (χ2n) is 4.50. The molecular formula is C16H14O2Se4. The van der Waals surface area contributed by atoms with Gasteiger partial charge in [-0.3, -0.25) is 0 Å². The van der Waals surface area contributed by atoms with Crippen molar-refractivity contribution in [1.82, 2.24) is 0 Å². The molecule has 0 saturated carbocycles. The normalized spacial score (nSPS) is 17.0. The maximum absolute atomic E-state index is 11.8. The number of hydrogen-bond acceptors (Lipinski definition) is 2. The third-order valence-corrected chi connectivity index (χ3v) is 17.7. The van der Waals surface area contributed by atoms with Gasteiger partial charge in [-0.1, -0.05) is 0 Å². The molecule has 0 aromatic heterocycles. The number of benzene rings is 1. The van der Waals surface area contributed by atoms with E-state index in [1.165, 1.54) is 10.0 Å². The Morgan fingerprint density at radius 2 is 1.77 bits per heavy atom. The summed E-state index contributed by atoms with van der Waals surface area (Å²) >= 11 is 2.32. The number of hydrogen-bond donors (Lipinski definition) is 0. The van der Waals surface area contributed by atoms with E-state index in [0.29, 0.717) is 72.0 Å². The van der Waals surface area contributed by atoms with Gasteiger partial charge in [0, 0.05) is 0 Å². The molecule has 1 aromatic rings. The van der Waals surface area contributed by atoms with Crippen LogP contribution < -0.4 is 0 Å². The Balaban J connectivity index is 1.66. The monoisotopic (exact) mass is 558 g/mol. The second kappa shape index (κ2) is 8.19. The van der Waals surface area contributed by atoms with E-state index in [4.69, 9.17) is 4.74 Å². The summed E-state index contributed by atoms with van der Waals surface area (Å²) < 4.78 is 10.2. The third-order valence-electron chi connectivity index (χ3n) is 2.89. The molecule has 2 nitrogen and oxygen atoms in total. The molecule has 0 saturated heterocycles. The molecule has 6 heteroatoms. The van der Waals surface area contributed by atoms with Crippen LogP contribution in [0.4, 0.5) is 0 Å². The summed E-state index contributed by atoms with van der Waals surface area (Å²) in [4.78, 5) is 19.0. The quantitative estimate of drug-likeness (QED) is 0.421. The van der Waals surface area contributed by atoms with Crippen LogP contribution in [0.25, 0.3) is 4.47 Å². The van der Waals surface area contributed by atoms with Crippen molar-refractivity contribution in [2.75, 3.05) is 6.61 Å². The molecule has 22 heavy (non-hydrogen) atoms. The first-order valence-electron chi connectivity index (χ1n) is 6.83. The second-order valence-corrected chi connectivity index (χ2v) is 15.0. The SMILES string of the molecule is CCCOC(=O)c1ccc(C2=C[Se]C(=C3[Se]C=C[Se]3)[Se]2)cc1. The van der Waals surface area contributed by atoms with Crippen molar-refractivity contribution in [3.63, 3.8) is 0 Å². The fourth-order valence-corrected chi connectivity index (χ4v) is 15.5. The topological polar surface area (TPSA) is 26.3 Å². The van der Waals surface area contributed by atoms with Gasteiger partial charge in [-0.25, -0.2) is 0 Å². The van der Waals surface area contributed by atoms with Crippen LogP contribution in [-0.2, 0) is 4.74 Å². The molecule has 0 amide bonds. The van der Waals surface area contributed by atoms with Crippen molar-refractivity contribution in [3.8, 4) is 0 Å². The molecule has 0 aliphatic carbocycles. The summed E-state index contributed by atoms with van der Waals surface area (Å²) in [6.45, 7) is 2.49. The standard InChI is InChI=1S/C16H14O2Se4/c1-2-7-18-14(17)12-5-3-11(4-6-12)13-10-21-16(22-13)15-19-8-9-20-15/h3-6,8-10H,2,7H2,1H3. The van der Waals surface area contributed by atoms with Gasteiger partial charge in [0.15, 0.2) is 0 Å². The van der Waals surface area contributed by atoms with Gasteiger partial charge in [-0.15, -0.1) is 0 Å². The molecule has 0 spiro atoms. The number of ether oxygens (including phenoxy) is 1. The molecule has 0 fully saturated rings. The molecule has 1 aromatic carbocycles. The van der Waals surface area contributed by atoms with Crippen LogP contribution in [0, 0.1) is 0 Å². The predicted octanol–water partition coefficient (Wildman–Crippen LogP) is 1.99. The van der Waals surface area contributed by atoms with Crippen LogP contribution in [0.15, 0.2) is 45.9 Å². The van der Waals surface area contributed by atoms with Gasteiger partial charge in [-0.05, 0) is 0 Å². The summed E-state index contributed by atoms with van der Waals surface area (Å²) in [5, 5.41) is 0. The zero-order chi connectivity index (χ0) is 15.4. The zero-order valence-corrected chi connectivity index (χ0v) is 18.8. The first-order valence-corrected chi connectivity index (χ1v) is 14.1. The molecule has 0 N–H and O–H groups in total. The molecule has 0 radical (unpaired) electrons. The molecule has 114 valence electrons. The first-order chi connectivity index (χ1) is 10.8. The molecule has 0 atom stereocenters. The van der Waals surface area contributed by atoms with E-state index in [1.807, 2.05) is 19.1 Å². The Kier molecular flexibility index (Phi) is 6.27. The van der Waals surface area contributed by atoms with Gasteiger partial charge in [0.2, 0.25) is 0 Å². The Hall–Kier alpha value is -0.0121. The van der Waals surface area contributed by atoms with E-state index in [1.54, 1.807) is 6.74 Å². The van der Waals surface area contributed by atoms with Crippen LogP contribution in [0.1, 0.15) is 29.3 Å².